The van der Waals surface area contributed by atoms with Gasteiger partial charge in [-0.05, 0) is 59.8 Å². The van der Waals surface area contributed by atoms with E-state index in [1.165, 1.54) is 29.6 Å². The first-order valence-corrected chi connectivity index (χ1v) is 13.4. The van der Waals surface area contributed by atoms with Crippen LogP contribution in [-0.2, 0) is 14.9 Å². The first-order valence-electron chi connectivity index (χ1n) is 11.2. The first kappa shape index (κ1) is 23.2. The molecule has 0 saturated carbocycles. The van der Waals surface area contributed by atoms with Gasteiger partial charge in [-0.1, -0.05) is 48.5 Å². The molecule has 0 unspecified atom stereocenters. The largest absolute Gasteiger partial charge is 0.379 e. The number of benzene rings is 3. The van der Waals surface area contributed by atoms with Crippen LogP contribution in [0.15, 0.2) is 99.7 Å². The Morgan fingerprint density at radius 1 is 0.800 bits per heavy atom. The molecule has 0 radical (unpaired) electrons. The zero-order chi connectivity index (χ0) is 24.3. The molecule has 9 heteroatoms. The minimum Gasteiger partial charge on any atom is -0.379 e. The molecule has 2 aliphatic rings. The molecule has 3 aromatic carbocycles. The first-order chi connectivity index (χ1) is 17.0. The molecule has 2 aliphatic heterocycles. The van der Waals surface area contributed by atoms with Gasteiger partial charge in [0.1, 0.15) is 10.6 Å². The highest BCUT2D eigenvalue weighted by Gasteiger charge is 2.28. The molecule has 35 heavy (non-hydrogen) atoms. The third-order valence-electron chi connectivity index (χ3n) is 5.70. The summed E-state index contributed by atoms with van der Waals surface area (Å²) in [5.74, 6) is -0.0582. The fourth-order valence-corrected chi connectivity index (χ4v) is 5.78. The van der Waals surface area contributed by atoms with Crippen LogP contribution < -0.4 is 9.08 Å². The Morgan fingerprint density at radius 2 is 1.40 bits per heavy atom. The Hall–Kier alpha value is -3.56. The number of para-hydroxylation sites is 1. The third kappa shape index (κ3) is 5.41. The molecular formula is C26H23N3O4S2. The van der Waals surface area contributed by atoms with Crippen molar-refractivity contribution in [1.29, 1.82) is 0 Å². The van der Waals surface area contributed by atoms with Crippen molar-refractivity contribution in [2.75, 3.05) is 31.1 Å². The Balaban J connectivity index is 1.20. The third-order valence-corrected chi connectivity index (χ3v) is 8.00. The summed E-state index contributed by atoms with van der Waals surface area (Å²) in [6, 6.07) is 24.9. The second-order valence-electron chi connectivity index (χ2n) is 8.04. The molecule has 1 saturated heterocycles. The van der Waals surface area contributed by atoms with Gasteiger partial charge in [-0.25, -0.2) is 0 Å². The summed E-state index contributed by atoms with van der Waals surface area (Å²) in [6.45, 7) is 3.32. The summed E-state index contributed by atoms with van der Waals surface area (Å²) in [5, 5.41) is 0.725. The van der Waals surface area contributed by atoms with Crippen molar-refractivity contribution in [2.45, 2.75) is 4.90 Å². The molecule has 0 atom stereocenters. The van der Waals surface area contributed by atoms with Crippen molar-refractivity contribution < 1.29 is 17.4 Å². The molecule has 0 spiro atoms. The van der Waals surface area contributed by atoms with Crippen LogP contribution in [-0.4, -0.2) is 50.6 Å². The average molecular weight is 506 g/mol. The maximum absolute atomic E-state index is 12.5. The summed E-state index contributed by atoms with van der Waals surface area (Å²) in [4.78, 5) is 21.9. The van der Waals surface area contributed by atoms with Crippen molar-refractivity contribution in [2.24, 2.45) is 4.99 Å². The van der Waals surface area contributed by atoms with Crippen LogP contribution in [0.25, 0.3) is 6.08 Å². The zero-order valence-corrected chi connectivity index (χ0v) is 20.4. The van der Waals surface area contributed by atoms with Gasteiger partial charge < -0.3 is 14.0 Å². The van der Waals surface area contributed by atoms with Crippen LogP contribution in [0.2, 0.25) is 0 Å². The number of amides is 1. The van der Waals surface area contributed by atoms with E-state index in [0.29, 0.717) is 4.91 Å². The molecule has 1 fully saturated rings. The number of hydrogen-bond donors (Lipinski definition) is 0. The van der Waals surface area contributed by atoms with E-state index in [1.807, 2.05) is 18.2 Å². The molecule has 5 rings (SSSR count). The quantitative estimate of drug-likeness (QED) is 0.379. The highest BCUT2D eigenvalue weighted by molar-refractivity contribution is 8.18. The summed E-state index contributed by atoms with van der Waals surface area (Å²) in [7, 11) is -3.90. The summed E-state index contributed by atoms with van der Waals surface area (Å²) < 4.78 is 30.0. The van der Waals surface area contributed by atoms with Gasteiger partial charge in [0.25, 0.3) is 5.91 Å². The molecule has 3 aromatic rings. The van der Waals surface area contributed by atoms with Gasteiger partial charge in [0.05, 0.1) is 4.91 Å². The highest BCUT2D eigenvalue weighted by atomic mass is 32.2. The molecular weight excluding hydrogens is 482 g/mol. The lowest BCUT2D eigenvalue weighted by Crippen LogP contribution is -2.47. The lowest BCUT2D eigenvalue weighted by Gasteiger charge is -2.36. The Labute approximate surface area is 208 Å². The maximum atomic E-state index is 12.5. The Morgan fingerprint density at radius 3 is 2.06 bits per heavy atom. The lowest BCUT2D eigenvalue weighted by atomic mass is 10.2. The van der Waals surface area contributed by atoms with E-state index in [4.69, 9.17) is 4.18 Å². The number of amidine groups is 1. The monoisotopic (exact) mass is 505 g/mol. The van der Waals surface area contributed by atoms with Gasteiger partial charge in [-0.2, -0.15) is 13.4 Å². The van der Waals surface area contributed by atoms with Gasteiger partial charge in [0, 0.05) is 31.9 Å². The van der Waals surface area contributed by atoms with Gasteiger partial charge in [-0.15, -0.1) is 0 Å². The molecule has 1 amide bonds. The second-order valence-corrected chi connectivity index (χ2v) is 10.6. The van der Waals surface area contributed by atoms with E-state index in [0.717, 1.165) is 36.9 Å². The number of hydrogen-bond acceptors (Lipinski definition) is 7. The van der Waals surface area contributed by atoms with Crippen molar-refractivity contribution in [3.8, 4) is 5.75 Å². The number of carbonyl (C=O) groups is 1. The fraction of sp³-hybridized carbons (Fsp3) is 0.154. The van der Waals surface area contributed by atoms with Gasteiger partial charge in [0.15, 0.2) is 5.17 Å². The summed E-state index contributed by atoms with van der Waals surface area (Å²) in [5.41, 5.74) is 1.96. The molecule has 0 N–H and O–H groups in total. The standard InChI is InChI=1S/C26H23N3O4S2/c30-25-24(34-26(27-25)29-17-15-28(16-18-29)21-7-3-1-4-8-21)19-20-11-13-22(14-12-20)33-35(31,32)23-9-5-2-6-10-23/h1-14,19H,15-18H2/b24-19+. The number of piperazine rings is 1. The summed E-state index contributed by atoms with van der Waals surface area (Å²) in [6.07, 6.45) is 1.76. The molecule has 7 nitrogen and oxygen atoms in total. The minimum absolute atomic E-state index is 0.0911. The van der Waals surface area contributed by atoms with Gasteiger partial charge >= 0.3 is 10.1 Å². The number of aliphatic imine (C=N–C) groups is 1. The summed E-state index contributed by atoms with van der Waals surface area (Å²) >= 11 is 1.37. The predicted octanol–water partition coefficient (Wildman–Crippen LogP) is 4.25. The normalized spacial score (nSPS) is 17.5. The number of thioether (sulfide) groups is 1. The molecule has 178 valence electrons. The fourth-order valence-electron chi connectivity index (χ4n) is 3.86. The van der Waals surface area contributed by atoms with E-state index in [-0.39, 0.29) is 16.6 Å². The van der Waals surface area contributed by atoms with Gasteiger partial charge in [0.2, 0.25) is 0 Å². The number of anilines is 1. The van der Waals surface area contributed by atoms with E-state index in [9.17, 15) is 13.2 Å². The maximum Gasteiger partial charge on any atom is 0.339 e. The lowest BCUT2D eigenvalue weighted by molar-refractivity contribution is -0.113. The number of rotatable bonds is 5. The molecule has 0 aromatic heterocycles. The van der Waals surface area contributed by atoms with Crippen LogP contribution in [0.3, 0.4) is 0 Å². The van der Waals surface area contributed by atoms with Crippen LogP contribution in [0.1, 0.15) is 5.56 Å². The zero-order valence-electron chi connectivity index (χ0n) is 18.8. The van der Waals surface area contributed by atoms with Crippen molar-refractivity contribution >= 4 is 44.7 Å². The SMILES string of the molecule is O=C1N=C(N2CCN(c3ccccc3)CC2)S/C1=C/c1ccc(OS(=O)(=O)c2ccccc2)cc1. The smallest absolute Gasteiger partial charge is 0.339 e. The van der Waals surface area contributed by atoms with Crippen molar-refractivity contribution in [1.82, 2.24) is 4.90 Å². The van der Waals surface area contributed by atoms with E-state index < -0.39 is 10.1 Å². The number of carbonyl (C=O) groups excluding carboxylic acids is 1. The van der Waals surface area contributed by atoms with Crippen LogP contribution >= 0.6 is 11.8 Å². The predicted molar refractivity (Wildman–Crippen MR) is 139 cm³/mol. The molecule has 2 heterocycles. The van der Waals surface area contributed by atoms with Crippen LogP contribution in [0.5, 0.6) is 5.75 Å². The van der Waals surface area contributed by atoms with Gasteiger partial charge in [-0.3, -0.25) is 4.79 Å². The van der Waals surface area contributed by atoms with Crippen LogP contribution in [0.4, 0.5) is 5.69 Å². The van der Waals surface area contributed by atoms with E-state index >= 15 is 0 Å². The van der Waals surface area contributed by atoms with E-state index in [1.54, 1.807) is 48.5 Å². The molecule has 0 aliphatic carbocycles. The minimum atomic E-state index is -3.90. The second kappa shape index (κ2) is 9.97. The molecule has 0 bridgehead atoms. The topological polar surface area (TPSA) is 79.3 Å². The Kier molecular flexibility index (Phi) is 6.61. The highest BCUT2D eigenvalue weighted by Crippen LogP contribution is 2.31. The van der Waals surface area contributed by atoms with Crippen molar-refractivity contribution in [3.05, 3.63) is 95.4 Å². The van der Waals surface area contributed by atoms with Crippen LogP contribution in [0, 0.1) is 0 Å². The number of nitrogens with zero attached hydrogens (tertiary/aromatic N) is 3. The Bertz CT molecular complexity index is 1370. The van der Waals surface area contributed by atoms with E-state index in [2.05, 4.69) is 26.9 Å². The average Bonchev–Trinajstić information content (AvgIpc) is 3.26. The van der Waals surface area contributed by atoms with Crippen molar-refractivity contribution in [3.63, 3.8) is 0 Å².